The molecule has 2 aromatic carbocycles. The molecule has 37 heavy (non-hydrogen) atoms. The van der Waals surface area contributed by atoms with Gasteiger partial charge in [-0.1, -0.05) is 17.7 Å². The van der Waals surface area contributed by atoms with Crippen molar-refractivity contribution in [1.82, 2.24) is 14.4 Å². The quantitative estimate of drug-likeness (QED) is 0.511. The van der Waals surface area contributed by atoms with Crippen LogP contribution in [0.5, 0.6) is 5.75 Å². The van der Waals surface area contributed by atoms with Crippen molar-refractivity contribution in [3.63, 3.8) is 0 Å². The maximum atomic E-state index is 13.5. The number of carbonyl (C=O) groups is 3. The molecule has 0 bridgehead atoms. The van der Waals surface area contributed by atoms with Crippen LogP contribution in [-0.2, 0) is 17.7 Å². The minimum atomic E-state index is -0.963. The summed E-state index contributed by atoms with van der Waals surface area (Å²) in [5.41, 5.74) is -0.0404. The summed E-state index contributed by atoms with van der Waals surface area (Å²) in [7, 11) is 4.25. The van der Waals surface area contributed by atoms with Gasteiger partial charge in [0.1, 0.15) is 11.5 Å². The van der Waals surface area contributed by atoms with E-state index in [9.17, 15) is 28.7 Å². The summed E-state index contributed by atoms with van der Waals surface area (Å²) in [6.07, 6.45) is 0.166. The molecule has 4 rings (SSSR count). The number of hydrogen-bond donors (Lipinski definition) is 1. The highest BCUT2D eigenvalue weighted by atomic mass is 35.5. The van der Waals surface area contributed by atoms with E-state index in [0.717, 1.165) is 4.57 Å². The van der Waals surface area contributed by atoms with Crippen molar-refractivity contribution >= 4 is 29.4 Å². The van der Waals surface area contributed by atoms with Crippen LogP contribution in [0.2, 0.25) is 5.02 Å². The van der Waals surface area contributed by atoms with Gasteiger partial charge in [-0.05, 0) is 48.4 Å². The van der Waals surface area contributed by atoms with Crippen molar-refractivity contribution in [2.45, 2.75) is 13.0 Å². The zero-order valence-corrected chi connectivity index (χ0v) is 21.0. The fourth-order valence-corrected chi connectivity index (χ4v) is 4.45. The Kier molecular flexibility index (Phi) is 7.04. The molecule has 0 saturated carbocycles. The molecule has 2 heterocycles. The third kappa shape index (κ3) is 4.67. The molecule has 0 saturated heterocycles. The van der Waals surface area contributed by atoms with Gasteiger partial charge < -0.3 is 19.6 Å². The van der Waals surface area contributed by atoms with E-state index >= 15 is 0 Å². The maximum absolute atomic E-state index is 13.5. The van der Waals surface area contributed by atoms with E-state index in [1.54, 1.807) is 0 Å². The topological polar surface area (TPSA) is 109 Å². The van der Waals surface area contributed by atoms with E-state index in [2.05, 4.69) is 0 Å². The lowest BCUT2D eigenvalue weighted by atomic mass is 9.95. The zero-order chi connectivity index (χ0) is 27.0. The second-order valence-electron chi connectivity index (χ2n) is 8.65. The average Bonchev–Trinajstić information content (AvgIpc) is 2.88. The summed E-state index contributed by atoms with van der Waals surface area (Å²) in [5.74, 6) is -3.15. The van der Waals surface area contributed by atoms with Gasteiger partial charge in [-0.25, -0.2) is 9.18 Å². The minimum absolute atomic E-state index is 0.0623. The first-order chi connectivity index (χ1) is 17.5. The number of aromatic hydroxyl groups is 1. The number of ether oxygens (including phenoxy) is 1. The Labute approximate surface area is 216 Å². The van der Waals surface area contributed by atoms with Gasteiger partial charge in [0.15, 0.2) is 5.75 Å². The molecule has 3 aromatic rings. The van der Waals surface area contributed by atoms with Crippen LogP contribution in [0, 0.1) is 5.82 Å². The molecule has 11 heteroatoms. The number of aromatic nitrogens is 1. The van der Waals surface area contributed by atoms with Gasteiger partial charge in [-0.2, -0.15) is 0 Å². The van der Waals surface area contributed by atoms with Crippen molar-refractivity contribution in [2.24, 2.45) is 0 Å². The monoisotopic (exact) mass is 527 g/mol. The van der Waals surface area contributed by atoms with Crippen molar-refractivity contribution in [1.29, 1.82) is 0 Å². The Morgan fingerprint density at radius 3 is 2.41 bits per heavy atom. The molecule has 0 radical (unpaired) electrons. The zero-order valence-electron chi connectivity index (χ0n) is 20.2. The average molecular weight is 528 g/mol. The molecule has 1 N–H and O–H groups in total. The number of pyridine rings is 1. The summed E-state index contributed by atoms with van der Waals surface area (Å²) in [5, 5.41) is 10.8. The molecule has 1 aliphatic rings. The smallest absolute Gasteiger partial charge is 0.337 e. The Balaban J connectivity index is 1.85. The van der Waals surface area contributed by atoms with Crippen LogP contribution < -0.4 is 5.56 Å². The van der Waals surface area contributed by atoms with Gasteiger partial charge in [0, 0.05) is 38.4 Å². The van der Waals surface area contributed by atoms with Gasteiger partial charge in [0.05, 0.1) is 23.3 Å². The highest BCUT2D eigenvalue weighted by Crippen LogP contribution is 2.31. The number of halogens is 2. The van der Waals surface area contributed by atoms with Crippen LogP contribution in [0.1, 0.15) is 42.3 Å². The van der Waals surface area contributed by atoms with Gasteiger partial charge in [-0.15, -0.1) is 0 Å². The first kappa shape index (κ1) is 25.9. The second-order valence-corrected chi connectivity index (χ2v) is 9.06. The Morgan fingerprint density at radius 2 is 1.81 bits per heavy atom. The van der Waals surface area contributed by atoms with Crippen molar-refractivity contribution in [2.75, 3.05) is 27.7 Å². The van der Waals surface area contributed by atoms with Crippen LogP contribution in [0.3, 0.4) is 0 Å². The number of nitrogens with zero attached hydrogens (tertiary/aromatic N) is 3. The molecule has 0 atom stereocenters. The molecule has 192 valence electrons. The molecule has 9 nitrogen and oxygen atoms in total. The largest absolute Gasteiger partial charge is 0.502 e. The predicted octanol–water partition coefficient (Wildman–Crippen LogP) is 3.02. The first-order valence-corrected chi connectivity index (χ1v) is 11.6. The van der Waals surface area contributed by atoms with Gasteiger partial charge >= 0.3 is 5.97 Å². The maximum Gasteiger partial charge on any atom is 0.337 e. The van der Waals surface area contributed by atoms with E-state index in [4.69, 9.17) is 16.3 Å². The summed E-state index contributed by atoms with van der Waals surface area (Å²) in [4.78, 5) is 54.6. The first-order valence-electron chi connectivity index (χ1n) is 11.2. The van der Waals surface area contributed by atoms with Gasteiger partial charge in [0.2, 0.25) is 0 Å². The Morgan fingerprint density at radius 1 is 1.14 bits per heavy atom. The Hall–Kier alpha value is -4.18. The van der Waals surface area contributed by atoms with Gasteiger partial charge in [0.25, 0.3) is 17.4 Å². The van der Waals surface area contributed by atoms with E-state index in [0.29, 0.717) is 5.56 Å². The molecule has 1 aromatic heterocycles. The predicted molar refractivity (Wildman–Crippen MR) is 133 cm³/mol. The van der Waals surface area contributed by atoms with E-state index in [-0.39, 0.29) is 52.6 Å². The number of carbonyl (C=O) groups excluding carboxylic acids is 3. The van der Waals surface area contributed by atoms with E-state index in [1.165, 1.54) is 73.5 Å². The number of methoxy groups -OCH3 is 1. The SMILES string of the molecule is COC(=O)c1ccc(-n2c(C(=O)N(C)C)c3c(c(O)c2=O)C(=O)N(Cc2ccc(F)c(Cl)c2)CC3)cc1. The van der Waals surface area contributed by atoms with Crippen LogP contribution in [0.15, 0.2) is 47.3 Å². The third-order valence-corrected chi connectivity index (χ3v) is 6.39. The minimum Gasteiger partial charge on any atom is -0.502 e. The third-order valence-electron chi connectivity index (χ3n) is 6.10. The molecular weight excluding hydrogens is 505 g/mol. The van der Waals surface area contributed by atoms with Crippen molar-refractivity contribution in [3.05, 3.63) is 91.6 Å². The standard InChI is InChI=1S/C26H23ClFN3O6/c1-29(2)24(34)21-17-10-11-30(13-14-4-9-19(28)18(27)12-14)23(33)20(17)22(32)25(35)31(21)16-7-5-15(6-8-16)26(36)37-3/h4-9,12,32H,10-11,13H2,1-3H3. The van der Waals surface area contributed by atoms with Crippen molar-refractivity contribution in [3.8, 4) is 11.4 Å². The van der Waals surface area contributed by atoms with Gasteiger partial charge in [-0.3, -0.25) is 19.0 Å². The number of fused-ring (bicyclic) bond motifs is 1. The Bertz CT molecular complexity index is 1480. The molecule has 0 aliphatic carbocycles. The molecule has 2 amide bonds. The lowest BCUT2D eigenvalue weighted by Gasteiger charge is -2.31. The van der Waals surface area contributed by atoms with E-state index < -0.39 is 34.9 Å². The molecule has 1 aliphatic heterocycles. The fraction of sp³-hybridized carbons (Fsp3) is 0.231. The molecule has 0 fully saturated rings. The summed E-state index contributed by atoms with van der Waals surface area (Å²) in [6.45, 7) is 0.236. The number of benzene rings is 2. The van der Waals surface area contributed by atoms with Crippen LogP contribution in [0.4, 0.5) is 4.39 Å². The molecular formula is C26H23ClFN3O6. The highest BCUT2D eigenvalue weighted by molar-refractivity contribution is 6.30. The molecule has 0 spiro atoms. The lowest BCUT2D eigenvalue weighted by Crippen LogP contribution is -2.42. The number of esters is 1. The fourth-order valence-electron chi connectivity index (χ4n) is 4.25. The number of amides is 2. The van der Waals surface area contributed by atoms with Crippen molar-refractivity contribution < 1.29 is 28.6 Å². The lowest BCUT2D eigenvalue weighted by molar-refractivity contribution is 0.0599. The summed E-state index contributed by atoms with van der Waals surface area (Å²) in [6, 6.07) is 9.82. The highest BCUT2D eigenvalue weighted by Gasteiger charge is 2.35. The number of rotatable bonds is 5. The normalized spacial score (nSPS) is 12.8. The molecule has 0 unspecified atom stereocenters. The van der Waals surface area contributed by atoms with E-state index in [1.807, 2.05) is 0 Å². The number of hydrogen-bond acceptors (Lipinski definition) is 6. The van der Waals surface area contributed by atoms with Crippen LogP contribution in [0.25, 0.3) is 5.69 Å². The summed E-state index contributed by atoms with van der Waals surface area (Å²) < 4.78 is 19.3. The van der Waals surface area contributed by atoms with Crippen LogP contribution >= 0.6 is 11.6 Å². The van der Waals surface area contributed by atoms with Crippen LogP contribution in [-0.4, -0.2) is 65.0 Å². The second kappa shape index (κ2) is 10.1. The summed E-state index contributed by atoms with van der Waals surface area (Å²) >= 11 is 5.86.